The lowest BCUT2D eigenvalue weighted by atomic mass is 9.96. The Hall–Kier alpha value is -3.37. The van der Waals surface area contributed by atoms with E-state index in [0.29, 0.717) is 42.3 Å². The number of hydrogen-bond donors (Lipinski definition) is 0. The summed E-state index contributed by atoms with van der Waals surface area (Å²) in [7, 11) is 3.12. The van der Waals surface area contributed by atoms with Gasteiger partial charge in [-0.15, -0.1) is 0 Å². The molecule has 0 bridgehead atoms. The molecule has 0 unspecified atom stereocenters. The van der Waals surface area contributed by atoms with Crippen molar-refractivity contribution in [3.8, 4) is 17.2 Å². The van der Waals surface area contributed by atoms with E-state index in [1.54, 1.807) is 44.8 Å². The number of ether oxygens (including phenoxy) is 4. The summed E-state index contributed by atoms with van der Waals surface area (Å²) in [5, 5.41) is 0. The van der Waals surface area contributed by atoms with Crippen molar-refractivity contribution in [3.05, 3.63) is 83.0 Å². The summed E-state index contributed by atoms with van der Waals surface area (Å²) in [4.78, 5) is 32.0. The Kier molecular flexibility index (Phi) is 8.42. The van der Waals surface area contributed by atoms with E-state index >= 15 is 0 Å². The SMILES string of the molecule is CCOC(=O)C1=C(C)N=c2s/c(=C\c3cc(Br)c(OC)c(OC)c3)c(=O)n2[C@@H]1c1ccc(OC(C)C)cc1. The number of carbonyl (C=O) groups is 1. The van der Waals surface area contributed by atoms with Crippen LogP contribution in [0.5, 0.6) is 17.2 Å². The molecule has 2 aromatic carbocycles. The number of fused-ring (bicyclic) bond motifs is 1. The van der Waals surface area contributed by atoms with E-state index in [4.69, 9.17) is 18.9 Å². The standard InChI is InChI=1S/C28H29BrN2O6S/c1-7-36-27(33)23-16(4)30-28-31(24(23)18-8-10-19(11-9-18)37-15(2)3)26(32)22(38-28)14-17-12-20(29)25(35-6)21(13-17)34-5/h8-15,24H,7H2,1-6H3/b22-14-/t24-/m1/s1. The molecule has 0 saturated carbocycles. The number of allylic oxidation sites excluding steroid dienone is 1. The number of methoxy groups -OCH3 is 2. The fourth-order valence-corrected chi connectivity index (χ4v) is 5.95. The number of rotatable bonds is 8. The maximum atomic E-state index is 13.8. The quantitative estimate of drug-likeness (QED) is 0.357. The van der Waals surface area contributed by atoms with Gasteiger partial charge in [0.15, 0.2) is 16.3 Å². The lowest BCUT2D eigenvalue weighted by Gasteiger charge is -2.25. The van der Waals surface area contributed by atoms with E-state index < -0.39 is 12.0 Å². The van der Waals surface area contributed by atoms with Gasteiger partial charge < -0.3 is 18.9 Å². The van der Waals surface area contributed by atoms with Gasteiger partial charge in [-0.3, -0.25) is 9.36 Å². The Labute approximate surface area is 233 Å². The molecule has 2 heterocycles. The lowest BCUT2D eigenvalue weighted by molar-refractivity contribution is -0.139. The highest BCUT2D eigenvalue weighted by Crippen LogP contribution is 2.36. The Morgan fingerprint density at radius 1 is 1.18 bits per heavy atom. The number of benzene rings is 2. The third-order valence-corrected chi connectivity index (χ3v) is 7.41. The van der Waals surface area contributed by atoms with Gasteiger partial charge in [0.1, 0.15) is 5.75 Å². The van der Waals surface area contributed by atoms with Crippen molar-refractivity contribution < 1.29 is 23.7 Å². The summed E-state index contributed by atoms with van der Waals surface area (Å²) in [5.74, 6) is 1.29. The molecule has 200 valence electrons. The van der Waals surface area contributed by atoms with Crippen LogP contribution in [0.4, 0.5) is 0 Å². The van der Waals surface area contributed by atoms with Gasteiger partial charge in [-0.25, -0.2) is 9.79 Å². The van der Waals surface area contributed by atoms with Crippen LogP contribution >= 0.6 is 27.3 Å². The molecule has 0 aliphatic carbocycles. The first kappa shape index (κ1) is 27.7. The molecule has 10 heteroatoms. The van der Waals surface area contributed by atoms with Crippen LogP contribution in [0, 0.1) is 0 Å². The highest BCUT2D eigenvalue weighted by molar-refractivity contribution is 9.10. The number of hydrogen-bond acceptors (Lipinski definition) is 8. The van der Waals surface area contributed by atoms with Gasteiger partial charge in [-0.1, -0.05) is 23.5 Å². The zero-order valence-electron chi connectivity index (χ0n) is 22.0. The van der Waals surface area contributed by atoms with Crippen molar-refractivity contribution in [3.63, 3.8) is 0 Å². The number of halogens is 1. The molecule has 0 spiro atoms. The summed E-state index contributed by atoms with van der Waals surface area (Å²) in [6.45, 7) is 7.62. The molecule has 0 N–H and O–H groups in total. The van der Waals surface area contributed by atoms with Crippen LogP contribution in [0.25, 0.3) is 6.08 Å². The van der Waals surface area contributed by atoms with Gasteiger partial charge in [0.2, 0.25) is 0 Å². The van der Waals surface area contributed by atoms with Gasteiger partial charge in [-0.2, -0.15) is 0 Å². The number of thiazole rings is 1. The number of nitrogens with zero attached hydrogens (tertiary/aromatic N) is 2. The molecule has 3 aromatic rings. The van der Waals surface area contributed by atoms with E-state index in [0.717, 1.165) is 11.1 Å². The van der Waals surface area contributed by atoms with E-state index in [-0.39, 0.29) is 18.3 Å². The van der Waals surface area contributed by atoms with Crippen molar-refractivity contribution in [2.45, 2.75) is 39.8 Å². The van der Waals surface area contributed by atoms with E-state index in [1.807, 2.05) is 44.2 Å². The van der Waals surface area contributed by atoms with Crippen LogP contribution in [0.1, 0.15) is 44.9 Å². The summed E-state index contributed by atoms with van der Waals surface area (Å²) in [5.41, 5.74) is 2.07. The number of carbonyl (C=O) groups excluding carboxylic acids is 1. The fraction of sp³-hybridized carbons (Fsp3) is 0.321. The predicted molar refractivity (Wildman–Crippen MR) is 150 cm³/mol. The van der Waals surface area contributed by atoms with Gasteiger partial charge in [0, 0.05) is 0 Å². The second kappa shape index (κ2) is 11.6. The largest absolute Gasteiger partial charge is 0.493 e. The smallest absolute Gasteiger partial charge is 0.338 e. The normalized spacial score (nSPS) is 15.3. The molecule has 4 rings (SSSR count). The molecule has 38 heavy (non-hydrogen) atoms. The molecule has 1 aliphatic rings. The molecular formula is C28H29BrN2O6S. The summed E-state index contributed by atoms with van der Waals surface area (Å²) < 4.78 is 24.7. The van der Waals surface area contributed by atoms with Crippen LogP contribution < -0.4 is 29.1 Å². The van der Waals surface area contributed by atoms with Crippen LogP contribution in [-0.4, -0.2) is 37.5 Å². The molecule has 1 aromatic heterocycles. The average Bonchev–Trinajstić information content (AvgIpc) is 3.17. The molecule has 1 aliphatic heterocycles. The average molecular weight is 602 g/mol. The van der Waals surface area contributed by atoms with Crippen molar-refractivity contribution >= 4 is 39.3 Å². The molecule has 0 radical (unpaired) electrons. The summed E-state index contributed by atoms with van der Waals surface area (Å²) in [6.07, 6.45) is 1.80. The Morgan fingerprint density at radius 3 is 2.50 bits per heavy atom. The molecule has 0 amide bonds. The van der Waals surface area contributed by atoms with Gasteiger partial charge in [0.25, 0.3) is 5.56 Å². The summed E-state index contributed by atoms with van der Waals surface area (Å²) in [6, 6.07) is 10.3. The second-order valence-corrected chi connectivity index (χ2v) is 10.6. The first-order valence-corrected chi connectivity index (χ1v) is 13.7. The first-order chi connectivity index (χ1) is 18.2. The third-order valence-electron chi connectivity index (χ3n) is 5.84. The maximum Gasteiger partial charge on any atom is 0.338 e. The van der Waals surface area contributed by atoms with Crippen LogP contribution in [0.15, 0.2) is 61.9 Å². The molecule has 1 atom stereocenters. The number of aromatic nitrogens is 1. The predicted octanol–water partition coefficient (Wildman–Crippen LogP) is 4.37. The Balaban J connectivity index is 1.90. The zero-order chi connectivity index (χ0) is 27.6. The molecule has 0 fully saturated rings. The van der Waals surface area contributed by atoms with Gasteiger partial charge in [0.05, 0.1) is 53.2 Å². The van der Waals surface area contributed by atoms with E-state index in [2.05, 4.69) is 20.9 Å². The lowest BCUT2D eigenvalue weighted by Crippen LogP contribution is -2.39. The van der Waals surface area contributed by atoms with Crippen molar-refractivity contribution in [1.29, 1.82) is 0 Å². The van der Waals surface area contributed by atoms with Gasteiger partial charge in [-0.05, 0) is 85.1 Å². The molecule has 8 nitrogen and oxygen atoms in total. The highest BCUT2D eigenvalue weighted by atomic mass is 79.9. The zero-order valence-corrected chi connectivity index (χ0v) is 24.4. The van der Waals surface area contributed by atoms with Crippen molar-refractivity contribution in [1.82, 2.24) is 4.57 Å². The molecular weight excluding hydrogens is 572 g/mol. The van der Waals surface area contributed by atoms with E-state index in [9.17, 15) is 9.59 Å². The topological polar surface area (TPSA) is 88.4 Å². The van der Waals surface area contributed by atoms with Crippen LogP contribution in [0.2, 0.25) is 0 Å². The van der Waals surface area contributed by atoms with Crippen molar-refractivity contribution in [2.24, 2.45) is 4.99 Å². The Bertz CT molecular complexity index is 1570. The van der Waals surface area contributed by atoms with Crippen LogP contribution in [0.3, 0.4) is 0 Å². The van der Waals surface area contributed by atoms with Gasteiger partial charge >= 0.3 is 5.97 Å². The number of esters is 1. The maximum absolute atomic E-state index is 13.8. The van der Waals surface area contributed by atoms with E-state index in [1.165, 1.54) is 11.3 Å². The minimum atomic E-state index is -0.697. The van der Waals surface area contributed by atoms with Crippen LogP contribution in [-0.2, 0) is 9.53 Å². The minimum Gasteiger partial charge on any atom is -0.493 e. The first-order valence-electron chi connectivity index (χ1n) is 12.1. The second-order valence-electron chi connectivity index (χ2n) is 8.78. The third kappa shape index (κ3) is 5.42. The van der Waals surface area contributed by atoms with Crippen molar-refractivity contribution in [2.75, 3.05) is 20.8 Å². The summed E-state index contributed by atoms with van der Waals surface area (Å²) >= 11 is 4.76. The highest BCUT2D eigenvalue weighted by Gasteiger charge is 2.33. The Morgan fingerprint density at radius 2 is 1.89 bits per heavy atom. The molecule has 0 saturated heterocycles. The monoisotopic (exact) mass is 600 g/mol. The fourth-order valence-electron chi connectivity index (χ4n) is 4.28. The minimum absolute atomic E-state index is 0.0207.